The van der Waals surface area contributed by atoms with Gasteiger partial charge in [-0.2, -0.15) is 13.2 Å². The lowest BCUT2D eigenvalue weighted by molar-refractivity contribution is -0.140. The van der Waals surface area contributed by atoms with E-state index in [0.717, 1.165) is 17.4 Å². The molecule has 1 aromatic carbocycles. The van der Waals surface area contributed by atoms with Gasteiger partial charge in [-0.3, -0.25) is 4.79 Å². The molecule has 0 bridgehead atoms. The number of nitrogens with one attached hydrogen (secondary N) is 2. The first-order valence-electron chi connectivity index (χ1n) is 10.1. The van der Waals surface area contributed by atoms with Gasteiger partial charge in [-0.1, -0.05) is 12.0 Å². The van der Waals surface area contributed by atoms with E-state index in [4.69, 9.17) is 10.5 Å². The number of alkyl halides is 3. The molecule has 1 aromatic heterocycles. The van der Waals surface area contributed by atoms with E-state index in [9.17, 15) is 18.0 Å². The molecule has 0 spiro atoms. The normalized spacial score (nSPS) is 21.5. The molecule has 168 valence electrons. The van der Waals surface area contributed by atoms with Gasteiger partial charge in [-0.25, -0.2) is 0 Å². The molecule has 3 rings (SSSR count). The van der Waals surface area contributed by atoms with Crippen LogP contribution in [0.3, 0.4) is 0 Å². The molecule has 1 heterocycles. The highest BCUT2D eigenvalue weighted by molar-refractivity contribution is 5.92. The second-order valence-corrected chi connectivity index (χ2v) is 7.70. The van der Waals surface area contributed by atoms with Gasteiger partial charge in [0, 0.05) is 37.2 Å². The summed E-state index contributed by atoms with van der Waals surface area (Å²) >= 11 is 0. The Morgan fingerprint density at radius 3 is 2.81 bits per heavy atom. The van der Waals surface area contributed by atoms with Crippen molar-refractivity contribution in [3.63, 3.8) is 0 Å². The number of ether oxygens (including phenoxy) is 1. The van der Waals surface area contributed by atoms with Crippen molar-refractivity contribution >= 4 is 22.5 Å². The lowest BCUT2D eigenvalue weighted by Gasteiger charge is -2.34. The molecule has 0 aliphatic heterocycles. The Morgan fingerprint density at radius 2 is 2.13 bits per heavy atom. The number of rotatable bonds is 5. The third-order valence-electron chi connectivity index (χ3n) is 5.69. The topological polar surface area (TPSA) is 81.3 Å². The van der Waals surface area contributed by atoms with Gasteiger partial charge in [-0.15, -0.1) is 0 Å². The summed E-state index contributed by atoms with van der Waals surface area (Å²) in [4.78, 5) is 12.0. The smallest absolute Gasteiger partial charge is 0.398 e. The second-order valence-electron chi connectivity index (χ2n) is 7.70. The van der Waals surface area contributed by atoms with Crippen molar-refractivity contribution in [1.29, 1.82) is 0 Å². The van der Waals surface area contributed by atoms with Crippen LogP contribution < -0.4 is 16.4 Å². The minimum absolute atomic E-state index is 0.00157. The first-order chi connectivity index (χ1) is 14.7. The molecule has 3 unspecified atom stereocenters. The molecule has 1 aliphatic carbocycles. The fourth-order valence-electron chi connectivity index (χ4n) is 4.16. The van der Waals surface area contributed by atoms with Crippen molar-refractivity contribution in [2.24, 2.45) is 5.92 Å². The van der Waals surface area contributed by atoms with Crippen molar-refractivity contribution in [3.8, 4) is 11.8 Å². The number of halogens is 3. The zero-order valence-electron chi connectivity index (χ0n) is 17.6. The number of fused-ring (bicyclic) bond motifs is 1. The Kier molecular flexibility index (Phi) is 7.13. The van der Waals surface area contributed by atoms with Crippen LogP contribution >= 0.6 is 0 Å². The van der Waals surface area contributed by atoms with Gasteiger partial charge in [-0.05, 0) is 43.4 Å². The van der Waals surface area contributed by atoms with Crippen LogP contribution in [0.5, 0.6) is 0 Å². The van der Waals surface area contributed by atoms with Gasteiger partial charge in [0.2, 0.25) is 5.91 Å². The molecule has 1 amide bonds. The predicted molar refractivity (Wildman–Crippen MR) is 113 cm³/mol. The molecule has 6 nitrogen and oxygen atoms in total. The van der Waals surface area contributed by atoms with Crippen molar-refractivity contribution in [2.75, 3.05) is 26.4 Å². The fourth-order valence-corrected chi connectivity index (χ4v) is 4.16. The highest BCUT2D eigenvalue weighted by Crippen LogP contribution is 2.29. The molecule has 9 heteroatoms. The molecule has 4 N–H and O–H groups in total. The van der Waals surface area contributed by atoms with Crippen LogP contribution in [0.25, 0.3) is 10.9 Å². The number of carbonyl (C=O) groups is 1. The molecular formula is C22H27F3N4O2. The number of nitrogen functional groups attached to an aromatic ring is 1. The van der Waals surface area contributed by atoms with Gasteiger partial charge in [0.05, 0.1) is 23.9 Å². The molecule has 1 aliphatic rings. The fraction of sp³-hybridized carbons (Fsp3) is 0.500. The van der Waals surface area contributed by atoms with Gasteiger partial charge >= 0.3 is 6.18 Å². The number of benzene rings is 1. The number of carbonyl (C=O) groups excluding carboxylic acids is 1. The van der Waals surface area contributed by atoms with E-state index in [2.05, 4.69) is 22.5 Å². The van der Waals surface area contributed by atoms with Crippen LogP contribution in [-0.4, -0.2) is 49.5 Å². The highest BCUT2D eigenvalue weighted by atomic mass is 19.4. The summed E-state index contributed by atoms with van der Waals surface area (Å²) < 4.78 is 46.0. The number of aromatic nitrogens is 1. The van der Waals surface area contributed by atoms with Gasteiger partial charge in [0.25, 0.3) is 0 Å². The minimum Gasteiger partial charge on any atom is -0.398 e. The average Bonchev–Trinajstić information content (AvgIpc) is 3.07. The monoisotopic (exact) mass is 436 g/mol. The SMILES string of the molecule is CNC(=O)C1CCC(OC)C(NCC#Cc2cc3c(N)cccc3n2CC(F)(F)F)C1. The quantitative estimate of drug-likeness (QED) is 0.497. The molecule has 3 atom stereocenters. The molecule has 0 saturated heterocycles. The molecule has 1 saturated carbocycles. The number of methoxy groups -OCH3 is 1. The number of amides is 1. The van der Waals surface area contributed by atoms with E-state index in [-0.39, 0.29) is 36.2 Å². The van der Waals surface area contributed by atoms with E-state index >= 15 is 0 Å². The van der Waals surface area contributed by atoms with Crippen molar-refractivity contribution in [3.05, 3.63) is 30.0 Å². The maximum absolute atomic E-state index is 13.1. The third-order valence-corrected chi connectivity index (χ3v) is 5.69. The van der Waals surface area contributed by atoms with Gasteiger partial charge in [0.1, 0.15) is 6.54 Å². The summed E-state index contributed by atoms with van der Waals surface area (Å²) in [5, 5.41) is 6.50. The van der Waals surface area contributed by atoms with Crippen LogP contribution in [0, 0.1) is 17.8 Å². The number of nitrogens with two attached hydrogens (primary N) is 1. The largest absolute Gasteiger partial charge is 0.406 e. The van der Waals surface area contributed by atoms with E-state index in [1.807, 2.05) is 0 Å². The van der Waals surface area contributed by atoms with Gasteiger partial charge < -0.3 is 25.7 Å². The summed E-state index contributed by atoms with van der Waals surface area (Å²) in [5.74, 6) is 5.66. The molecule has 1 fully saturated rings. The van der Waals surface area contributed by atoms with E-state index in [1.54, 1.807) is 38.4 Å². The second kappa shape index (κ2) is 9.62. The summed E-state index contributed by atoms with van der Waals surface area (Å²) in [6, 6.07) is 6.40. The summed E-state index contributed by atoms with van der Waals surface area (Å²) in [7, 11) is 3.25. The van der Waals surface area contributed by atoms with Crippen molar-refractivity contribution in [2.45, 2.75) is 44.1 Å². The van der Waals surface area contributed by atoms with Crippen LogP contribution in [0.4, 0.5) is 18.9 Å². The van der Waals surface area contributed by atoms with E-state index < -0.39 is 12.7 Å². The molecular weight excluding hydrogens is 409 g/mol. The first-order valence-corrected chi connectivity index (χ1v) is 10.1. The number of anilines is 1. The molecule has 31 heavy (non-hydrogen) atoms. The molecule has 0 radical (unpaired) electrons. The van der Waals surface area contributed by atoms with Crippen LogP contribution in [0.2, 0.25) is 0 Å². The lowest BCUT2D eigenvalue weighted by Crippen LogP contribution is -2.48. The number of hydrogen-bond donors (Lipinski definition) is 3. The maximum Gasteiger partial charge on any atom is 0.406 e. The Hall–Kier alpha value is -2.70. The van der Waals surface area contributed by atoms with E-state index in [1.165, 1.54) is 0 Å². The van der Waals surface area contributed by atoms with Crippen LogP contribution in [0.1, 0.15) is 25.0 Å². The average molecular weight is 436 g/mol. The highest BCUT2D eigenvalue weighted by Gasteiger charge is 2.33. The van der Waals surface area contributed by atoms with Gasteiger partial charge in [0.15, 0.2) is 0 Å². The Morgan fingerprint density at radius 1 is 1.35 bits per heavy atom. The summed E-state index contributed by atoms with van der Waals surface area (Å²) in [6.45, 7) is -0.881. The first kappa shape index (κ1) is 23.0. The zero-order chi connectivity index (χ0) is 22.6. The summed E-state index contributed by atoms with van der Waals surface area (Å²) in [5.41, 5.74) is 6.99. The zero-order valence-corrected chi connectivity index (χ0v) is 17.6. The Balaban J connectivity index is 1.76. The summed E-state index contributed by atoms with van der Waals surface area (Å²) in [6.07, 6.45) is -2.31. The third kappa shape index (κ3) is 5.51. The van der Waals surface area contributed by atoms with E-state index in [0.29, 0.717) is 23.0 Å². The Bertz CT molecular complexity index is 990. The maximum atomic E-state index is 13.1. The minimum atomic E-state index is -4.38. The number of hydrogen-bond acceptors (Lipinski definition) is 4. The van der Waals surface area contributed by atoms with Crippen LogP contribution in [0.15, 0.2) is 24.3 Å². The standard InChI is InChI=1S/C22H27F3N4O2/c1-27-21(30)14-8-9-20(31-2)18(11-14)28-10-4-5-15-12-16-17(26)6-3-7-19(16)29(15)13-22(23,24)25/h3,6-7,12,14,18,20,28H,8-11,13,26H2,1-2H3,(H,27,30). The lowest BCUT2D eigenvalue weighted by atomic mass is 9.83. The Labute approximate surface area is 179 Å². The predicted octanol–water partition coefficient (Wildman–Crippen LogP) is 2.66. The van der Waals surface area contributed by atoms with Crippen molar-refractivity contribution < 1.29 is 22.7 Å². The van der Waals surface area contributed by atoms with Crippen molar-refractivity contribution in [1.82, 2.24) is 15.2 Å². The van der Waals surface area contributed by atoms with Crippen LogP contribution in [-0.2, 0) is 16.1 Å². The molecule has 2 aromatic rings. The number of nitrogens with zero attached hydrogens (tertiary/aromatic N) is 1.